The number of halogens is 2. The van der Waals surface area contributed by atoms with Crippen LogP contribution in [0.3, 0.4) is 0 Å². The van der Waals surface area contributed by atoms with Gasteiger partial charge in [0.2, 0.25) is 11.2 Å². The van der Waals surface area contributed by atoms with Crippen LogP contribution in [-0.4, -0.2) is 17.1 Å². The van der Waals surface area contributed by atoms with Crippen molar-refractivity contribution >= 4 is 49.1 Å². The Labute approximate surface area is 132 Å². The molecule has 0 bridgehead atoms. The van der Waals surface area contributed by atoms with Crippen LogP contribution in [-0.2, 0) is 0 Å². The molecule has 20 heavy (non-hydrogen) atoms. The predicted molar refractivity (Wildman–Crippen MR) is 83.2 cm³/mol. The molecule has 0 atom stereocenters. The van der Waals surface area contributed by atoms with Crippen molar-refractivity contribution in [3.05, 3.63) is 39.4 Å². The third kappa shape index (κ3) is 2.59. The van der Waals surface area contributed by atoms with E-state index >= 15 is 0 Å². The van der Waals surface area contributed by atoms with Crippen molar-refractivity contribution in [2.75, 3.05) is 7.11 Å². The highest BCUT2D eigenvalue weighted by Crippen LogP contribution is 2.36. The monoisotopic (exact) mass is 370 g/mol. The highest BCUT2D eigenvalue weighted by molar-refractivity contribution is 9.10. The van der Waals surface area contributed by atoms with Gasteiger partial charge in [0.15, 0.2) is 0 Å². The van der Waals surface area contributed by atoms with Gasteiger partial charge in [-0.3, -0.25) is 0 Å². The van der Waals surface area contributed by atoms with Crippen molar-refractivity contribution in [1.29, 1.82) is 0 Å². The molecular formula is C13H8BrClN2O2S. The molecule has 3 rings (SSSR count). The van der Waals surface area contributed by atoms with Gasteiger partial charge in [-0.05, 0) is 57.2 Å². The average Bonchev–Trinajstić information content (AvgIpc) is 2.89. The Morgan fingerprint density at radius 1 is 1.25 bits per heavy atom. The van der Waals surface area contributed by atoms with Crippen molar-refractivity contribution < 1.29 is 9.47 Å². The van der Waals surface area contributed by atoms with E-state index in [-0.39, 0.29) is 5.28 Å². The fraction of sp³-hybridized carbons (Fsp3) is 0.0769. The number of nitrogens with zero attached hydrogens (tertiary/aromatic N) is 2. The van der Waals surface area contributed by atoms with E-state index in [1.165, 1.54) is 11.3 Å². The molecule has 2 heterocycles. The molecule has 1 aromatic carbocycles. The van der Waals surface area contributed by atoms with Crippen LogP contribution in [0, 0.1) is 0 Å². The summed E-state index contributed by atoms with van der Waals surface area (Å²) in [6.07, 6.45) is 0. The Morgan fingerprint density at radius 3 is 2.85 bits per heavy atom. The molecule has 0 N–H and O–H groups in total. The molecule has 0 spiro atoms. The van der Waals surface area contributed by atoms with Crippen LogP contribution in [0.15, 0.2) is 34.1 Å². The van der Waals surface area contributed by atoms with Crippen molar-refractivity contribution in [1.82, 2.24) is 9.97 Å². The fourth-order valence-corrected chi connectivity index (χ4v) is 3.08. The van der Waals surface area contributed by atoms with Crippen molar-refractivity contribution in [2.45, 2.75) is 0 Å². The van der Waals surface area contributed by atoms with Gasteiger partial charge in [0.1, 0.15) is 16.3 Å². The molecule has 7 heteroatoms. The van der Waals surface area contributed by atoms with E-state index in [1.54, 1.807) is 13.2 Å². The topological polar surface area (TPSA) is 44.2 Å². The van der Waals surface area contributed by atoms with Gasteiger partial charge in [-0.25, -0.2) is 4.98 Å². The Morgan fingerprint density at radius 2 is 2.10 bits per heavy atom. The van der Waals surface area contributed by atoms with Gasteiger partial charge in [-0.15, -0.1) is 11.3 Å². The number of rotatable bonds is 3. The standard InChI is InChI=1S/C13H8BrClN2O2S/c1-18-7-2-3-10(9(14)6-7)19-11-8-4-5-20-12(8)17-13(15)16-11/h2-6H,1H3. The third-order valence-electron chi connectivity index (χ3n) is 2.61. The maximum Gasteiger partial charge on any atom is 0.232 e. The fourth-order valence-electron chi connectivity index (χ4n) is 1.68. The normalized spacial score (nSPS) is 10.8. The molecule has 0 aliphatic rings. The van der Waals surface area contributed by atoms with Crippen LogP contribution in [0.4, 0.5) is 0 Å². The van der Waals surface area contributed by atoms with Crippen molar-refractivity contribution in [3.63, 3.8) is 0 Å². The lowest BCUT2D eigenvalue weighted by Gasteiger charge is -2.09. The highest BCUT2D eigenvalue weighted by Gasteiger charge is 2.12. The number of methoxy groups -OCH3 is 1. The molecule has 0 saturated heterocycles. The van der Waals surface area contributed by atoms with E-state index in [9.17, 15) is 0 Å². The summed E-state index contributed by atoms with van der Waals surface area (Å²) in [4.78, 5) is 9.08. The first-order valence-corrected chi connectivity index (χ1v) is 7.64. The number of ether oxygens (including phenoxy) is 2. The van der Waals surface area contributed by atoms with Gasteiger partial charge in [0, 0.05) is 0 Å². The summed E-state index contributed by atoms with van der Waals surface area (Å²) >= 11 is 10.8. The maximum absolute atomic E-state index is 5.91. The summed E-state index contributed by atoms with van der Waals surface area (Å²) in [7, 11) is 1.61. The zero-order chi connectivity index (χ0) is 14.1. The molecule has 3 aromatic rings. The van der Waals surface area contributed by atoms with Crippen LogP contribution < -0.4 is 9.47 Å². The smallest absolute Gasteiger partial charge is 0.232 e. The Hall–Kier alpha value is -1.37. The zero-order valence-electron chi connectivity index (χ0n) is 10.3. The first kappa shape index (κ1) is 13.6. The quantitative estimate of drug-likeness (QED) is 0.614. The number of thiophene rings is 1. The van der Waals surface area contributed by atoms with E-state index < -0.39 is 0 Å². The lowest BCUT2D eigenvalue weighted by atomic mass is 10.3. The second kappa shape index (κ2) is 5.55. The second-order valence-corrected chi connectivity index (χ2v) is 5.92. The summed E-state index contributed by atoms with van der Waals surface area (Å²) in [5.74, 6) is 1.81. The Balaban J connectivity index is 2.03. The molecule has 4 nitrogen and oxygen atoms in total. The van der Waals surface area contributed by atoms with Crippen molar-refractivity contribution in [2.24, 2.45) is 0 Å². The van der Waals surface area contributed by atoms with E-state index in [1.807, 2.05) is 23.6 Å². The molecule has 2 aromatic heterocycles. The van der Waals surface area contributed by atoms with Gasteiger partial charge in [0.05, 0.1) is 17.0 Å². The molecule has 0 unspecified atom stereocenters. The first-order valence-electron chi connectivity index (χ1n) is 5.59. The average molecular weight is 372 g/mol. The Bertz CT molecular complexity index is 778. The second-order valence-electron chi connectivity index (χ2n) is 3.84. The molecule has 0 aliphatic carbocycles. The number of benzene rings is 1. The number of aromatic nitrogens is 2. The van der Waals surface area contributed by atoms with Crippen LogP contribution >= 0.6 is 38.9 Å². The number of fused-ring (bicyclic) bond motifs is 1. The van der Waals surface area contributed by atoms with Gasteiger partial charge < -0.3 is 9.47 Å². The molecule has 0 saturated carbocycles. The van der Waals surface area contributed by atoms with Crippen LogP contribution in [0.1, 0.15) is 0 Å². The van der Waals surface area contributed by atoms with Gasteiger partial charge in [-0.2, -0.15) is 4.98 Å². The van der Waals surface area contributed by atoms with Gasteiger partial charge >= 0.3 is 0 Å². The molecular weight excluding hydrogens is 364 g/mol. The van der Waals surface area contributed by atoms with Crippen LogP contribution in [0.25, 0.3) is 10.2 Å². The Kier molecular flexibility index (Phi) is 3.78. The summed E-state index contributed by atoms with van der Waals surface area (Å²) in [5.41, 5.74) is 0. The SMILES string of the molecule is COc1ccc(Oc2nc(Cl)nc3sccc23)c(Br)c1. The van der Waals surface area contributed by atoms with Crippen molar-refractivity contribution in [3.8, 4) is 17.4 Å². The van der Waals surface area contributed by atoms with Crippen LogP contribution in [0.5, 0.6) is 17.4 Å². The maximum atomic E-state index is 5.91. The first-order chi connectivity index (χ1) is 9.67. The summed E-state index contributed by atoms with van der Waals surface area (Å²) in [6.45, 7) is 0. The molecule has 0 aliphatic heterocycles. The van der Waals surface area contributed by atoms with Gasteiger partial charge in [0.25, 0.3) is 0 Å². The van der Waals surface area contributed by atoms with E-state index in [0.717, 1.165) is 20.4 Å². The van der Waals surface area contributed by atoms with Crippen LogP contribution in [0.2, 0.25) is 5.28 Å². The molecule has 0 fully saturated rings. The minimum Gasteiger partial charge on any atom is -0.497 e. The minimum absolute atomic E-state index is 0.166. The lowest BCUT2D eigenvalue weighted by molar-refractivity contribution is 0.411. The lowest BCUT2D eigenvalue weighted by Crippen LogP contribution is -1.92. The molecule has 0 radical (unpaired) electrons. The van der Waals surface area contributed by atoms with Gasteiger partial charge in [-0.1, -0.05) is 0 Å². The third-order valence-corrected chi connectivity index (χ3v) is 4.20. The largest absolute Gasteiger partial charge is 0.497 e. The molecule has 0 amide bonds. The minimum atomic E-state index is 0.166. The number of hydrogen-bond donors (Lipinski definition) is 0. The predicted octanol–water partition coefficient (Wildman–Crippen LogP) is 4.91. The van der Waals surface area contributed by atoms with E-state index in [2.05, 4.69) is 25.9 Å². The number of hydrogen-bond acceptors (Lipinski definition) is 5. The highest BCUT2D eigenvalue weighted by atomic mass is 79.9. The zero-order valence-corrected chi connectivity index (χ0v) is 13.4. The van der Waals surface area contributed by atoms with E-state index in [0.29, 0.717) is 11.6 Å². The summed E-state index contributed by atoms with van der Waals surface area (Å²) in [6, 6.07) is 7.34. The summed E-state index contributed by atoms with van der Waals surface area (Å²) in [5, 5.41) is 2.92. The molecule has 102 valence electrons. The van der Waals surface area contributed by atoms with E-state index in [4.69, 9.17) is 21.1 Å². The summed E-state index contributed by atoms with van der Waals surface area (Å²) < 4.78 is 11.7.